The lowest BCUT2D eigenvalue weighted by Gasteiger charge is -2.06. The summed E-state index contributed by atoms with van der Waals surface area (Å²) in [5.74, 6) is -0.556. The molecule has 0 fully saturated rings. The van der Waals surface area contributed by atoms with E-state index in [1.807, 2.05) is 6.92 Å². The van der Waals surface area contributed by atoms with Gasteiger partial charge in [-0.1, -0.05) is 13.0 Å². The second-order valence-electron chi connectivity index (χ2n) is 4.15. The molecule has 5 nitrogen and oxygen atoms in total. The zero-order chi connectivity index (χ0) is 14.4. The Hall–Kier alpha value is -2.56. The Morgan fingerprint density at radius 3 is 2.80 bits per heavy atom. The van der Waals surface area contributed by atoms with Gasteiger partial charge in [-0.2, -0.15) is 0 Å². The average Bonchev–Trinajstić information content (AvgIpc) is 2.99. The van der Waals surface area contributed by atoms with Gasteiger partial charge in [0, 0.05) is 5.69 Å². The van der Waals surface area contributed by atoms with E-state index in [0.717, 1.165) is 6.42 Å². The number of furan rings is 1. The van der Waals surface area contributed by atoms with Crippen molar-refractivity contribution in [2.75, 3.05) is 11.9 Å². The largest absolute Gasteiger partial charge is 0.462 e. The van der Waals surface area contributed by atoms with Crippen LogP contribution in [0.1, 0.15) is 34.3 Å². The predicted molar refractivity (Wildman–Crippen MR) is 73.7 cm³/mol. The van der Waals surface area contributed by atoms with Crippen molar-refractivity contribution in [1.82, 2.24) is 0 Å². The van der Waals surface area contributed by atoms with Crippen LogP contribution in [0.2, 0.25) is 0 Å². The fraction of sp³-hybridized carbons (Fsp3) is 0.200. The summed E-state index contributed by atoms with van der Waals surface area (Å²) in [6.07, 6.45) is 2.19. The number of carbonyl (C=O) groups excluding carboxylic acids is 2. The first kappa shape index (κ1) is 13.9. The molecule has 2 aromatic rings. The van der Waals surface area contributed by atoms with Gasteiger partial charge >= 0.3 is 5.97 Å². The molecule has 104 valence electrons. The molecule has 0 saturated heterocycles. The molecule has 0 aliphatic carbocycles. The van der Waals surface area contributed by atoms with Gasteiger partial charge in [0.25, 0.3) is 5.91 Å². The van der Waals surface area contributed by atoms with Crippen LogP contribution < -0.4 is 5.32 Å². The van der Waals surface area contributed by atoms with Crippen molar-refractivity contribution in [2.45, 2.75) is 13.3 Å². The number of anilines is 1. The van der Waals surface area contributed by atoms with Gasteiger partial charge in [-0.15, -0.1) is 0 Å². The summed E-state index contributed by atoms with van der Waals surface area (Å²) in [6, 6.07) is 9.78. The van der Waals surface area contributed by atoms with E-state index in [9.17, 15) is 9.59 Å². The molecule has 1 aromatic heterocycles. The molecule has 0 unspecified atom stereocenters. The first-order valence-corrected chi connectivity index (χ1v) is 6.32. The van der Waals surface area contributed by atoms with Crippen LogP contribution in [0.3, 0.4) is 0 Å². The van der Waals surface area contributed by atoms with Crippen LogP contribution >= 0.6 is 0 Å². The number of carbonyl (C=O) groups is 2. The van der Waals surface area contributed by atoms with Gasteiger partial charge in [0.1, 0.15) is 0 Å². The molecular weight excluding hydrogens is 258 g/mol. The summed E-state index contributed by atoms with van der Waals surface area (Å²) in [4.78, 5) is 23.5. The summed E-state index contributed by atoms with van der Waals surface area (Å²) >= 11 is 0. The first-order chi connectivity index (χ1) is 9.70. The fourth-order valence-corrected chi connectivity index (χ4v) is 1.60. The van der Waals surface area contributed by atoms with Crippen LogP contribution in [0.5, 0.6) is 0 Å². The zero-order valence-electron chi connectivity index (χ0n) is 11.1. The van der Waals surface area contributed by atoms with E-state index in [1.54, 1.807) is 36.4 Å². The molecule has 0 saturated carbocycles. The van der Waals surface area contributed by atoms with Gasteiger partial charge in [-0.3, -0.25) is 4.79 Å². The van der Waals surface area contributed by atoms with E-state index in [2.05, 4.69) is 5.32 Å². The van der Waals surface area contributed by atoms with Crippen LogP contribution in [-0.4, -0.2) is 18.5 Å². The van der Waals surface area contributed by atoms with Crippen molar-refractivity contribution in [2.24, 2.45) is 0 Å². The minimum Gasteiger partial charge on any atom is -0.462 e. The number of esters is 1. The number of hydrogen-bond donors (Lipinski definition) is 1. The summed E-state index contributed by atoms with van der Waals surface area (Å²) < 4.78 is 10.0. The second kappa shape index (κ2) is 6.56. The minimum atomic E-state index is -0.402. The Morgan fingerprint density at radius 2 is 2.10 bits per heavy atom. The lowest BCUT2D eigenvalue weighted by Crippen LogP contribution is -2.12. The monoisotopic (exact) mass is 273 g/mol. The summed E-state index contributed by atoms with van der Waals surface area (Å²) in [5.41, 5.74) is 0.910. The molecule has 0 bridgehead atoms. The molecule has 1 amide bonds. The van der Waals surface area contributed by atoms with E-state index in [0.29, 0.717) is 17.9 Å². The highest BCUT2D eigenvalue weighted by molar-refractivity contribution is 6.02. The van der Waals surface area contributed by atoms with Gasteiger partial charge < -0.3 is 14.5 Å². The number of rotatable bonds is 5. The zero-order valence-corrected chi connectivity index (χ0v) is 11.1. The molecule has 0 aliphatic heterocycles. The number of nitrogens with one attached hydrogen (secondary N) is 1. The Bertz CT molecular complexity index is 590. The Labute approximate surface area is 116 Å². The van der Waals surface area contributed by atoms with Crippen molar-refractivity contribution in [3.8, 4) is 0 Å². The van der Waals surface area contributed by atoms with Crippen LogP contribution in [0.25, 0.3) is 0 Å². The van der Waals surface area contributed by atoms with Crippen LogP contribution in [-0.2, 0) is 4.74 Å². The number of ether oxygens (including phenoxy) is 1. The molecule has 0 atom stereocenters. The van der Waals surface area contributed by atoms with E-state index in [-0.39, 0.29) is 11.7 Å². The van der Waals surface area contributed by atoms with E-state index in [1.165, 1.54) is 6.26 Å². The molecule has 2 rings (SSSR count). The van der Waals surface area contributed by atoms with Crippen molar-refractivity contribution < 1.29 is 18.7 Å². The molecule has 0 radical (unpaired) electrons. The van der Waals surface area contributed by atoms with Crippen LogP contribution in [0.4, 0.5) is 5.69 Å². The SMILES string of the molecule is CCCOC(=O)c1cccc(NC(=O)c2ccco2)c1. The number of benzene rings is 1. The fourth-order valence-electron chi connectivity index (χ4n) is 1.60. The quantitative estimate of drug-likeness (QED) is 0.850. The molecule has 1 N–H and O–H groups in total. The normalized spacial score (nSPS) is 10.1. The van der Waals surface area contributed by atoms with E-state index < -0.39 is 5.97 Å². The van der Waals surface area contributed by atoms with Crippen molar-refractivity contribution in [1.29, 1.82) is 0 Å². The highest BCUT2D eigenvalue weighted by Gasteiger charge is 2.11. The predicted octanol–water partition coefficient (Wildman–Crippen LogP) is 3.10. The maximum absolute atomic E-state index is 11.8. The molecule has 0 spiro atoms. The summed E-state index contributed by atoms with van der Waals surface area (Å²) in [6.45, 7) is 2.30. The third-order valence-electron chi connectivity index (χ3n) is 2.54. The maximum Gasteiger partial charge on any atom is 0.338 e. The third-order valence-corrected chi connectivity index (χ3v) is 2.54. The lowest BCUT2D eigenvalue weighted by molar-refractivity contribution is 0.0505. The maximum atomic E-state index is 11.8. The smallest absolute Gasteiger partial charge is 0.338 e. The average molecular weight is 273 g/mol. The summed E-state index contributed by atoms with van der Waals surface area (Å²) in [7, 11) is 0. The van der Waals surface area contributed by atoms with E-state index in [4.69, 9.17) is 9.15 Å². The van der Waals surface area contributed by atoms with E-state index >= 15 is 0 Å². The highest BCUT2D eigenvalue weighted by atomic mass is 16.5. The minimum absolute atomic E-state index is 0.212. The number of hydrogen-bond acceptors (Lipinski definition) is 4. The van der Waals surface area contributed by atoms with Gasteiger partial charge in [0.15, 0.2) is 5.76 Å². The lowest BCUT2D eigenvalue weighted by atomic mass is 10.2. The highest BCUT2D eigenvalue weighted by Crippen LogP contribution is 2.13. The molecule has 0 aliphatic rings. The van der Waals surface area contributed by atoms with Gasteiger partial charge in [-0.05, 0) is 36.8 Å². The van der Waals surface area contributed by atoms with Crippen LogP contribution in [0.15, 0.2) is 47.1 Å². The first-order valence-electron chi connectivity index (χ1n) is 6.32. The van der Waals surface area contributed by atoms with Crippen LogP contribution in [0, 0.1) is 0 Å². The standard InChI is InChI=1S/C15H15NO4/c1-2-8-20-15(18)11-5-3-6-12(10-11)16-14(17)13-7-4-9-19-13/h3-7,9-10H,2,8H2,1H3,(H,16,17). The Morgan fingerprint density at radius 1 is 1.25 bits per heavy atom. The Kier molecular flexibility index (Phi) is 4.55. The van der Waals surface area contributed by atoms with Crippen molar-refractivity contribution >= 4 is 17.6 Å². The molecule has 5 heteroatoms. The molecule has 1 aromatic carbocycles. The van der Waals surface area contributed by atoms with Crippen molar-refractivity contribution in [3.63, 3.8) is 0 Å². The second-order valence-corrected chi connectivity index (χ2v) is 4.15. The van der Waals surface area contributed by atoms with Crippen molar-refractivity contribution in [3.05, 3.63) is 54.0 Å². The topological polar surface area (TPSA) is 68.5 Å². The Balaban J connectivity index is 2.06. The molecule has 1 heterocycles. The molecular formula is C15H15NO4. The molecule has 20 heavy (non-hydrogen) atoms. The third kappa shape index (κ3) is 3.47. The van der Waals surface area contributed by atoms with Gasteiger partial charge in [0.05, 0.1) is 18.4 Å². The number of amides is 1. The summed E-state index contributed by atoms with van der Waals surface area (Å²) in [5, 5.41) is 2.66. The van der Waals surface area contributed by atoms with Gasteiger partial charge in [-0.25, -0.2) is 4.79 Å². The van der Waals surface area contributed by atoms with Gasteiger partial charge in [0.2, 0.25) is 0 Å².